The van der Waals surface area contributed by atoms with Crippen molar-refractivity contribution >= 4 is 34.4 Å². The number of ether oxygens (including phenoxy) is 3. The normalized spacial score (nSPS) is 16.8. The lowest BCUT2D eigenvalue weighted by atomic mass is 10.1. The van der Waals surface area contributed by atoms with Crippen LogP contribution in [0.3, 0.4) is 0 Å². The van der Waals surface area contributed by atoms with Crippen molar-refractivity contribution in [1.82, 2.24) is 10.2 Å². The van der Waals surface area contributed by atoms with E-state index in [-0.39, 0.29) is 12.1 Å². The van der Waals surface area contributed by atoms with E-state index in [1.807, 2.05) is 18.2 Å². The summed E-state index contributed by atoms with van der Waals surface area (Å²) in [5.74, 6) is 1.45. The lowest BCUT2D eigenvalue weighted by Gasteiger charge is -2.38. The van der Waals surface area contributed by atoms with E-state index in [2.05, 4.69) is 40.0 Å². The number of methoxy groups -OCH3 is 2. The number of benzene rings is 1. The van der Waals surface area contributed by atoms with Gasteiger partial charge in [0, 0.05) is 30.1 Å². The van der Waals surface area contributed by atoms with Crippen LogP contribution in [0.15, 0.2) is 35.7 Å². The SMILES string of the molecule is COc1ccc(OC)c(NC(=S)N[C@@H](C)[C@H](c2cccs2)N2CCOCC2)c1. The quantitative estimate of drug-likeness (QED) is 0.664. The van der Waals surface area contributed by atoms with Gasteiger partial charge in [-0.05, 0) is 42.7 Å². The highest BCUT2D eigenvalue weighted by atomic mass is 32.1. The molecule has 0 spiro atoms. The molecule has 6 nitrogen and oxygen atoms in total. The van der Waals surface area contributed by atoms with Gasteiger partial charge in [0.05, 0.1) is 39.2 Å². The Kier molecular flexibility index (Phi) is 7.50. The Morgan fingerprint density at radius 3 is 2.64 bits per heavy atom. The molecule has 3 rings (SSSR count). The van der Waals surface area contributed by atoms with Gasteiger partial charge in [-0.2, -0.15) is 0 Å². The Morgan fingerprint density at radius 2 is 2.00 bits per heavy atom. The Bertz CT molecular complexity index is 764. The van der Waals surface area contributed by atoms with E-state index in [9.17, 15) is 0 Å². The minimum Gasteiger partial charge on any atom is -0.497 e. The number of rotatable bonds is 7. The molecule has 0 amide bonds. The predicted molar refractivity (Wildman–Crippen MR) is 118 cm³/mol. The lowest BCUT2D eigenvalue weighted by molar-refractivity contribution is 0.0110. The molecular weight excluding hydrogens is 394 g/mol. The molecular formula is C20H27N3O3S2. The maximum atomic E-state index is 5.59. The molecule has 1 fully saturated rings. The van der Waals surface area contributed by atoms with Gasteiger partial charge in [0.2, 0.25) is 0 Å². The van der Waals surface area contributed by atoms with Crippen LogP contribution in [-0.4, -0.2) is 56.6 Å². The summed E-state index contributed by atoms with van der Waals surface area (Å²) in [6.45, 7) is 5.52. The monoisotopic (exact) mass is 421 g/mol. The van der Waals surface area contributed by atoms with Crippen LogP contribution >= 0.6 is 23.6 Å². The molecule has 2 atom stereocenters. The molecule has 0 unspecified atom stereocenters. The number of hydrogen-bond acceptors (Lipinski definition) is 6. The van der Waals surface area contributed by atoms with E-state index >= 15 is 0 Å². The van der Waals surface area contributed by atoms with Gasteiger partial charge >= 0.3 is 0 Å². The fraction of sp³-hybridized carbons (Fsp3) is 0.450. The summed E-state index contributed by atoms with van der Waals surface area (Å²) < 4.78 is 16.3. The minimum absolute atomic E-state index is 0.119. The summed E-state index contributed by atoms with van der Waals surface area (Å²) in [6, 6.07) is 10.2. The summed E-state index contributed by atoms with van der Waals surface area (Å²) in [5.41, 5.74) is 0.769. The van der Waals surface area contributed by atoms with Gasteiger partial charge in [0.25, 0.3) is 0 Å². The van der Waals surface area contributed by atoms with Crippen LogP contribution in [0, 0.1) is 0 Å². The molecule has 2 N–H and O–H groups in total. The summed E-state index contributed by atoms with van der Waals surface area (Å²) >= 11 is 7.36. The molecule has 2 aromatic rings. The van der Waals surface area contributed by atoms with Gasteiger partial charge in [-0.3, -0.25) is 4.90 Å². The van der Waals surface area contributed by atoms with E-state index in [4.69, 9.17) is 26.4 Å². The smallest absolute Gasteiger partial charge is 0.171 e. The highest BCUT2D eigenvalue weighted by Gasteiger charge is 2.29. The van der Waals surface area contributed by atoms with Crippen LogP contribution in [0.4, 0.5) is 5.69 Å². The Morgan fingerprint density at radius 1 is 1.21 bits per heavy atom. The second-order valence-electron chi connectivity index (χ2n) is 6.56. The number of morpholine rings is 1. The number of thiocarbonyl (C=S) groups is 1. The third kappa shape index (κ3) is 5.14. The topological polar surface area (TPSA) is 55.0 Å². The maximum Gasteiger partial charge on any atom is 0.171 e. The van der Waals surface area contributed by atoms with E-state index in [1.54, 1.807) is 25.6 Å². The molecule has 1 aromatic heterocycles. The van der Waals surface area contributed by atoms with Gasteiger partial charge in [0.1, 0.15) is 11.5 Å². The summed E-state index contributed by atoms with van der Waals surface area (Å²) in [7, 11) is 3.27. The molecule has 1 aliphatic heterocycles. The van der Waals surface area contributed by atoms with Crippen molar-refractivity contribution in [3.8, 4) is 11.5 Å². The van der Waals surface area contributed by atoms with Crippen LogP contribution in [0.1, 0.15) is 17.8 Å². The zero-order valence-corrected chi connectivity index (χ0v) is 18.1. The van der Waals surface area contributed by atoms with Crippen molar-refractivity contribution in [2.24, 2.45) is 0 Å². The first-order valence-corrected chi connectivity index (χ1v) is 10.6. The second-order valence-corrected chi connectivity index (χ2v) is 7.95. The van der Waals surface area contributed by atoms with Crippen molar-refractivity contribution < 1.29 is 14.2 Å². The molecule has 1 aliphatic rings. The van der Waals surface area contributed by atoms with Crippen molar-refractivity contribution in [1.29, 1.82) is 0 Å². The fourth-order valence-corrected chi connectivity index (χ4v) is 4.67. The Balaban J connectivity index is 1.71. The fourth-order valence-electron chi connectivity index (χ4n) is 3.41. The largest absolute Gasteiger partial charge is 0.497 e. The predicted octanol–water partition coefficient (Wildman–Crippen LogP) is 3.51. The molecule has 1 aromatic carbocycles. The van der Waals surface area contributed by atoms with Crippen LogP contribution in [0.5, 0.6) is 11.5 Å². The number of nitrogens with one attached hydrogen (secondary N) is 2. The molecule has 1 saturated heterocycles. The van der Waals surface area contributed by atoms with E-state index < -0.39 is 0 Å². The number of nitrogens with zero attached hydrogens (tertiary/aromatic N) is 1. The third-order valence-electron chi connectivity index (χ3n) is 4.76. The molecule has 28 heavy (non-hydrogen) atoms. The van der Waals surface area contributed by atoms with Crippen LogP contribution in [0.25, 0.3) is 0 Å². The zero-order valence-electron chi connectivity index (χ0n) is 16.4. The van der Waals surface area contributed by atoms with E-state index in [0.29, 0.717) is 10.9 Å². The molecule has 0 radical (unpaired) electrons. The van der Waals surface area contributed by atoms with Gasteiger partial charge in [-0.1, -0.05) is 6.07 Å². The molecule has 2 heterocycles. The molecule has 8 heteroatoms. The Hall–Kier alpha value is -1.87. The Labute approximate surface area is 175 Å². The number of thiophene rings is 1. The molecule has 0 bridgehead atoms. The lowest BCUT2D eigenvalue weighted by Crippen LogP contribution is -2.49. The van der Waals surface area contributed by atoms with Gasteiger partial charge in [-0.15, -0.1) is 11.3 Å². The molecule has 152 valence electrons. The maximum absolute atomic E-state index is 5.59. The van der Waals surface area contributed by atoms with Crippen LogP contribution < -0.4 is 20.1 Å². The first kappa shape index (κ1) is 20.9. The summed E-state index contributed by atoms with van der Waals surface area (Å²) in [5, 5.41) is 9.36. The van der Waals surface area contributed by atoms with Crippen LogP contribution in [-0.2, 0) is 4.74 Å². The van der Waals surface area contributed by atoms with Crippen molar-refractivity contribution in [2.75, 3.05) is 45.8 Å². The first-order valence-electron chi connectivity index (χ1n) is 9.27. The van der Waals surface area contributed by atoms with Crippen molar-refractivity contribution in [2.45, 2.75) is 19.0 Å². The number of hydrogen-bond donors (Lipinski definition) is 2. The number of anilines is 1. The van der Waals surface area contributed by atoms with E-state index in [0.717, 1.165) is 37.7 Å². The standard InChI is InChI=1S/C20H27N3O3S2/c1-14(19(18-5-4-12-28-18)23-8-10-26-11-9-23)21-20(27)22-16-13-15(24-2)6-7-17(16)25-3/h4-7,12-14,19H,8-11H2,1-3H3,(H2,21,22,27)/t14-,19+/m0/s1. The minimum atomic E-state index is 0.119. The second kappa shape index (κ2) is 10.1. The van der Waals surface area contributed by atoms with Crippen LogP contribution in [0.2, 0.25) is 0 Å². The summed E-state index contributed by atoms with van der Waals surface area (Å²) in [4.78, 5) is 3.78. The van der Waals surface area contributed by atoms with Crippen molar-refractivity contribution in [3.05, 3.63) is 40.6 Å². The average Bonchev–Trinajstić information content (AvgIpc) is 3.23. The molecule has 0 aliphatic carbocycles. The third-order valence-corrected chi connectivity index (χ3v) is 5.92. The zero-order chi connectivity index (χ0) is 19.9. The summed E-state index contributed by atoms with van der Waals surface area (Å²) in [6.07, 6.45) is 0. The van der Waals surface area contributed by atoms with E-state index in [1.165, 1.54) is 4.88 Å². The average molecular weight is 422 g/mol. The van der Waals surface area contributed by atoms with Gasteiger partial charge in [-0.25, -0.2) is 0 Å². The highest BCUT2D eigenvalue weighted by Crippen LogP contribution is 2.30. The highest BCUT2D eigenvalue weighted by molar-refractivity contribution is 7.80. The molecule has 0 saturated carbocycles. The van der Waals surface area contributed by atoms with Gasteiger partial charge < -0.3 is 24.8 Å². The van der Waals surface area contributed by atoms with Gasteiger partial charge in [0.15, 0.2) is 5.11 Å². The van der Waals surface area contributed by atoms with Crippen molar-refractivity contribution in [3.63, 3.8) is 0 Å². The first-order chi connectivity index (χ1) is 13.6.